The topological polar surface area (TPSA) is 35.2 Å². The quantitative estimate of drug-likeness (QED) is 0.859. The molecule has 0 aliphatic carbocycles. The van der Waals surface area contributed by atoms with Gasteiger partial charge in [0.2, 0.25) is 0 Å². The standard InChI is InChI=1S/C13H11BrClNO/c14-11-3-1-2-4-13(11)17-8-9-5-6-10(15)7-12(9)16/h1-7H,8,16H2. The molecule has 0 radical (unpaired) electrons. The summed E-state index contributed by atoms with van der Waals surface area (Å²) >= 11 is 9.25. The minimum atomic E-state index is 0.422. The molecular formula is C13H11BrClNO. The van der Waals surface area contributed by atoms with Crippen molar-refractivity contribution in [3.63, 3.8) is 0 Å². The summed E-state index contributed by atoms with van der Waals surface area (Å²) < 4.78 is 6.60. The number of rotatable bonds is 3. The number of hydrogen-bond donors (Lipinski definition) is 1. The van der Waals surface area contributed by atoms with Gasteiger partial charge >= 0.3 is 0 Å². The maximum absolute atomic E-state index is 5.85. The average molecular weight is 313 g/mol. The third-order valence-corrected chi connectivity index (χ3v) is 3.22. The molecule has 2 nitrogen and oxygen atoms in total. The van der Waals surface area contributed by atoms with Crippen LogP contribution in [0.4, 0.5) is 5.69 Å². The fourth-order valence-corrected chi connectivity index (χ4v) is 1.99. The second-order valence-corrected chi connectivity index (χ2v) is 4.85. The zero-order chi connectivity index (χ0) is 12.3. The molecule has 0 saturated carbocycles. The summed E-state index contributed by atoms with van der Waals surface area (Å²) in [7, 11) is 0. The predicted molar refractivity (Wildman–Crippen MR) is 74.3 cm³/mol. The number of benzene rings is 2. The van der Waals surface area contributed by atoms with Gasteiger partial charge in [-0.15, -0.1) is 0 Å². The van der Waals surface area contributed by atoms with Crippen LogP contribution >= 0.6 is 27.5 Å². The van der Waals surface area contributed by atoms with Crippen molar-refractivity contribution >= 4 is 33.2 Å². The molecule has 0 spiro atoms. The van der Waals surface area contributed by atoms with Crippen molar-refractivity contribution in [3.8, 4) is 5.75 Å². The lowest BCUT2D eigenvalue weighted by atomic mass is 10.2. The van der Waals surface area contributed by atoms with Crippen LogP contribution in [0, 0.1) is 0 Å². The molecule has 0 amide bonds. The number of nitrogens with two attached hydrogens (primary N) is 1. The fraction of sp³-hybridized carbons (Fsp3) is 0.0769. The molecule has 0 fully saturated rings. The Morgan fingerprint density at radius 2 is 1.94 bits per heavy atom. The minimum absolute atomic E-state index is 0.422. The van der Waals surface area contributed by atoms with Crippen molar-refractivity contribution in [1.82, 2.24) is 0 Å². The van der Waals surface area contributed by atoms with Crippen molar-refractivity contribution < 1.29 is 4.74 Å². The molecule has 2 aromatic carbocycles. The van der Waals surface area contributed by atoms with Crippen molar-refractivity contribution in [3.05, 3.63) is 57.5 Å². The highest BCUT2D eigenvalue weighted by Gasteiger charge is 2.03. The van der Waals surface area contributed by atoms with Crippen LogP contribution in [0.5, 0.6) is 5.75 Å². The van der Waals surface area contributed by atoms with Gasteiger partial charge < -0.3 is 10.5 Å². The Balaban J connectivity index is 2.10. The molecule has 0 aliphatic heterocycles. The van der Waals surface area contributed by atoms with E-state index in [-0.39, 0.29) is 0 Å². The summed E-state index contributed by atoms with van der Waals surface area (Å²) in [5.41, 5.74) is 7.41. The molecule has 88 valence electrons. The molecule has 17 heavy (non-hydrogen) atoms. The number of para-hydroxylation sites is 1. The normalized spacial score (nSPS) is 10.2. The molecule has 0 unspecified atom stereocenters. The highest BCUT2D eigenvalue weighted by atomic mass is 79.9. The van der Waals surface area contributed by atoms with Gasteiger partial charge in [0.1, 0.15) is 12.4 Å². The first-order valence-corrected chi connectivity index (χ1v) is 6.25. The van der Waals surface area contributed by atoms with Gasteiger partial charge in [0, 0.05) is 16.3 Å². The van der Waals surface area contributed by atoms with Gasteiger partial charge in [-0.2, -0.15) is 0 Å². The lowest BCUT2D eigenvalue weighted by Crippen LogP contribution is -2.00. The number of anilines is 1. The number of nitrogen functional groups attached to an aromatic ring is 1. The Morgan fingerprint density at radius 3 is 2.65 bits per heavy atom. The van der Waals surface area contributed by atoms with E-state index in [4.69, 9.17) is 22.1 Å². The first-order valence-electron chi connectivity index (χ1n) is 5.08. The van der Waals surface area contributed by atoms with E-state index in [9.17, 15) is 0 Å². The van der Waals surface area contributed by atoms with Crippen LogP contribution in [-0.2, 0) is 6.61 Å². The van der Waals surface area contributed by atoms with E-state index in [1.807, 2.05) is 30.3 Å². The first kappa shape index (κ1) is 12.3. The third-order valence-electron chi connectivity index (χ3n) is 2.33. The smallest absolute Gasteiger partial charge is 0.133 e. The van der Waals surface area contributed by atoms with Gasteiger partial charge in [0.25, 0.3) is 0 Å². The SMILES string of the molecule is Nc1cc(Cl)ccc1COc1ccccc1Br. The Bertz CT molecular complexity index is 531. The number of ether oxygens (including phenoxy) is 1. The molecular weight excluding hydrogens is 302 g/mol. The monoisotopic (exact) mass is 311 g/mol. The Labute approximate surface area is 113 Å². The van der Waals surface area contributed by atoms with Crippen LogP contribution in [0.25, 0.3) is 0 Å². The van der Waals surface area contributed by atoms with Crippen molar-refractivity contribution in [2.75, 3.05) is 5.73 Å². The van der Waals surface area contributed by atoms with Crippen LogP contribution in [0.2, 0.25) is 5.02 Å². The van der Waals surface area contributed by atoms with E-state index in [1.165, 1.54) is 0 Å². The first-order chi connectivity index (χ1) is 8.16. The zero-order valence-electron chi connectivity index (χ0n) is 8.99. The van der Waals surface area contributed by atoms with Crippen molar-refractivity contribution in [1.29, 1.82) is 0 Å². The Morgan fingerprint density at radius 1 is 1.18 bits per heavy atom. The van der Waals surface area contributed by atoms with Crippen molar-refractivity contribution in [2.24, 2.45) is 0 Å². The average Bonchev–Trinajstić information content (AvgIpc) is 2.30. The van der Waals surface area contributed by atoms with E-state index in [0.717, 1.165) is 15.8 Å². The Kier molecular flexibility index (Phi) is 3.92. The molecule has 2 N–H and O–H groups in total. The van der Waals surface area contributed by atoms with Gasteiger partial charge in [-0.3, -0.25) is 0 Å². The molecule has 4 heteroatoms. The largest absolute Gasteiger partial charge is 0.488 e. The maximum atomic E-state index is 5.85. The van der Waals surface area contributed by atoms with Crippen LogP contribution in [0.1, 0.15) is 5.56 Å². The molecule has 0 atom stereocenters. The van der Waals surface area contributed by atoms with E-state index in [0.29, 0.717) is 17.3 Å². The second kappa shape index (κ2) is 5.43. The zero-order valence-corrected chi connectivity index (χ0v) is 11.3. The highest BCUT2D eigenvalue weighted by Crippen LogP contribution is 2.26. The van der Waals surface area contributed by atoms with Crippen LogP contribution < -0.4 is 10.5 Å². The fourth-order valence-electron chi connectivity index (χ4n) is 1.41. The summed E-state index contributed by atoms with van der Waals surface area (Å²) in [6.45, 7) is 0.422. The number of hydrogen-bond acceptors (Lipinski definition) is 2. The number of halogens is 2. The van der Waals surface area contributed by atoms with Crippen LogP contribution in [0.3, 0.4) is 0 Å². The van der Waals surface area contributed by atoms with E-state index in [2.05, 4.69) is 15.9 Å². The minimum Gasteiger partial charge on any atom is -0.488 e. The van der Waals surface area contributed by atoms with Gasteiger partial charge in [-0.05, 0) is 40.2 Å². The summed E-state index contributed by atoms with van der Waals surface area (Å²) in [4.78, 5) is 0. The van der Waals surface area contributed by atoms with Gasteiger partial charge in [0.15, 0.2) is 0 Å². The summed E-state index contributed by atoms with van der Waals surface area (Å²) in [5, 5.41) is 0.632. The molecule has 2 aromatic rings. The van der Waals surface area contributed by atoms with Gasteiger partial charge in [0.05, 0.1) is 4.47 Å². The molecule has 0 saturated heterocycles. The second-order valence-electron chi connectivity index (χ2n) is 3.56. The van der Waals surface area contributed by atoms with Crippen molar-refractivity contribution in [2.45, 2.75) is 6.61 Å². The lowest BCUT2D eigenvalue weighted by molar-refractivity contribution is 0.305. The summed E-state index contributed by atoms with van der Waals surface area (Å²) in [5.74, 6) is 0.793. The van der Waals surface area contributed by atoms with E-state index >= 15 is 0 Å². The van der Waals surface area contributed by atoms with Gasteiger partial charge in [-0.1, -0.05) is 29.8 Å². The Hall–Kier alpha value is -1.19. The van der Waals surface area contributed by atoms with Crippen LogP contribution in [0.15, 0.2) is 46.9 Å². The molecule has 2 rings (SSSR count). The molecule has 0 aromatic heterocycles. The highest BCUT2D eigenvalue weighted by molar-refractivity contribution is 9.10. The molecule has 0 aliphatic rings. The third kappa shape index (κ3) is 3.14. The maximum Gasteiger partial charge on any atom is 0.133 e. The molecule has 0 bridgehead atoms. The summed E-state index contributed by atoms with van der Waals surface area (Å²) in [6, 6.07) is 13.1. The van der Waals surface area contributed by atoms with Crippen LogP contribution in [-0.4, -0.2) is 0 Å². The van der Waals surface area contributed by atoms with E-state index < -0.39 is 0 Å². The van der Waals surface area contributed by atoms with E-state index in [1.54, 1.807) is 12.1 Å². The summed E-state index contributed by atoms with van der Waals surface area (Å²) in [6.07, 6.45) is 0. The molecule has 0 heterocycles. The lowest BCUT2D eigenvalue weighted by Gasteiger charge is -2.10. The predicted octanol–water partition coefficient (Wildman–Crippen LogP) is 4.26. The van der Waals surface area contributed by atoms with Gasteiger partial charge in [-0.25, -0.2) is 0 Å².